The number of carbonyl (C=O) groups excluding carboxylic acids is 1. The van der Waals surface area contributed by atoms with Gasteiger partial charge in [0.1, 0.15) is 0 Å². The topological polar surface area (TPSA) is 141 Å². The zero-order valence-corrected chi connectivity index (χ0v) is 14.9. The fourth-order valence-corrected chi connectivity index (χ4v) is 3.23. The van der Waals surface area contributed by atoms with E-state index in [4.69, 9.17) is 11.6 Å². The van der Waals surface area contributed by atoms with Crippen LogP contribution in [0, 0.1) is 0 Å². The number of nitrogens with two attached hydrogens (primary N) is 2. The van der Waals surface area contributed by atoms with Gasteiger partial charge < -0.3 is 16.6 Å². The van der Waals surface area contributed by atoms with Crippen LogP contribution in [0.25, 0.3) is 22.4 Å². The standard InChI is InChI=1S/C17H16N8OS/c18-11-6-2-1-5-10(11)15-23-24-17(25(15)19)27-9-14(26)22-16-20-12-7-3-4-8-13(12)21-16/h1-8H,9,18-19H2,(H2,20,21,22,26). The maximum Gasteiger partial charge on any atom is 0.237 e. The molecule has 0 aliphatic heterocycles. The van der Waals surface area contributed by atoms with Gasteiger partial charge in [-0.2, -0.15) is 0 Å². The fraction of sp³-hybridized carbons (Fsp3) is 0.0588. The molecule has 2 heterocycles. The maximum atomic E-state index is 12.2. The molecule has 0 atom stereocenters. The number of fused-ring (bicyclic) bond motifs is 1. The average Bonchev–Trinajstić information content (AvgIpc) is 3.23. The Morgan fingerprint density at radius 3 is 2.74 bits per heavy atom. The second-order valence-electron chi connectivity index (χ2n) is 5.70. The number of thioether (sulfide) groups is 1. The monoisotopic (exact) mass is 380 g/mol. The number of hydrogen-bond donors (Lipinski definition) is 4. The predicted molar refractivity (Wildman–Crippen MR) is 105 cm³/mol. The molecular formula is C17H16N8OS. The van der Waals surface area contributed by atoms with Crippen LogP contribution in [0.2, 0.25) is 0 Å². The molecule has 4 aromatic rings. The predicted octanol–water partition coefficient (Wildman–Crippen LogP) is 1.85. The van der Waals surface area contributed by atoms with Crippen LogP contribution in [0.4, 0.5) is 11.6 Å². The third kappa shape index (κ3) is 3.42. The number of nitrogens with zero attached hydrogens (tertiary/aromatic N) is 4. The van der Waals surface area contributed by atoms with E-state index in [1.54, 1.807) is 6.07 Å². The number of nitrogens with one attached hydrogen (secondary N) is 2. The fourth-order valence-electron chi connectivity index (χ4n) is 2.57. The molecule has 4 rings (SSSR count). The van der Waals surface area contributed by atoms with Gasteiger partial charge in [-0.1, -0.05) is 36.0 Å². The highest BCUT2D eigenvalue weighted by atomic mass is 32.2. The minimum Gasteiger partial charge on any atom is -0.398 e. The van der Waals surface area contributed by atoms with Gasteiger partial charge in [0, 0.05) is 11.3 Å². The van der Waals surface area contributed by atoms with Crippen molar-refractivity contribution in [1.82, 2.24) is 24.8 Å². The van der Waals surface area contributed by atoms with Crippen molar-refractivity contribution < 1.29 is 4.79 Å². The van der Waals surface area contributed by atoms with E-state index in [0.29, 0.717) is 28.2 Å². The Bertz CT molecular complexity index is 1090. The number of carbonyl (C=O) groups is 1. The van der Waals surface area contributed by atoms with E-state index in [0.717, 1.165) is 11.0 Å². The number of aromatic amines is 1. The van der Waals surface area contributed by atoms with E-state index in [-0.39, 0.29) is 11.7 Å². The van der Waals surface area contributed by atoms with Gasteiger partial charge in [0.05, 0.1) is 16.8 Å². The second-order valence-corrected chi connectivity index (χ2v) is 6.65. The smallest absolute Gasteiger partial charge is 0.237 e. The van der Waals surface area contributed by atoms with Crippen LogP contribution in [-0.2, 0) is 4.79 Å². The summed E-state index contributed by atoms with van der Waals surface area (Å²) in [5.74, 6) is 6.77. The van der Waals surface area contributed by atoms with Crippen molar-refractivity contribution in [2.24, 2.45) is 0 Å². The van der Waals surface area contributed by atoms with Gasteiger partial charge in [-0.05, 0) is 24.3 Å². The summed E-state index contributed by atoms with van der Waals surface area (Å²) in [6.45, 7) is 0. The van der Waals surface area contributed by atoms with Crippen molar-refractivity contribution in [3.05, 3.63) is 48.5 Å². The first-order chi connectivity index (χ1) is 13.1. The number of amides is 1. The normalized spacial score (nSPS) is 11.0. The Balaban J connectivity index is 1.43. The van der Waals surface area contributed by atoms with E-state index >= 15 is 0 Å². The van der Waals surface area contributed by atoms with Gasteiger partial charge in [0.2, 0.25) is 17.0 Å². The summed E-state index contributed by atoms with van der Waals surface area (Å²) < 4.78 is 1.32. The Labute approximate surface area is 158 Å². The van der Waals surface area contributed by atoms with Crippen LogP contribution in [0.3, 0.4) is 0 Å². The molecule has 2 aromatic heterocycles. The van der Waals surface area contributed by atoms with E-state index < -0.39 is 0 Å². The summed E-state index contributed by atoms with van der Waals surface area (Å²) in [7, 11) is 0. The number of rotatable bonds is 5. The number of hydrogen-bond acceptors (Lipinski definition) is 7. The zero-order valence-electron chi connectivity index (χ0n) is 14.1. The highest BCUT2D eigenvalue weighted by molar-refractivity contribution is 7.99. The molecule has 27 heavy (non-hydrogen) atoms. The van der Waals surface area contributed by atoms with E-state index in [9.17, 15) is 4.79 Å². The van der Waals surface area contributed by atoms with Crippen LogP contribution in [0.1, 0.15) is 0 Å². The third-order valence-corrected chi connectivity index (χ3v) is 4.79. The number of imidazole rings is 1. The van der Waals surface area contributed by atoms with Crippen molar-refractivity contribution >= 4 is 40.3 Å². The number of anilines is 2. The summed E-state index contributed by atoms with van der Waals surface area (Å²) in [6.07, 6.45) is 0. The zero-order chi connectivity index (χ0) is 18.8. The highest BCUT2D eigenvalue weighted by Gasteiger charge is 2.16. The molecule has 136 valence electrons. The molecule has 6 N–H and O–H groups in total. The molecule has 0 aliphatic rings. The SMILES string of the molecule is Nc1ccccc1-c1nnc(SCC(=O)Nc2nc3ccccc3[nH]2)n1N. The van der Waals surface area contributed by atoms with Gasteiger partial charge in [-0.25, -0.2) is 9.66 Å². The molecule has 1 amide bonds. The highest BCUT2D eigenvalue weighted by Crippen LogP contribution is 2.25. The van der Waals surface area contributed by atoms with Gasteiger partial charge in [-0.15, -0.1) is 10.2 Å². The molecule has 0 bridgehead atoms. The number of aromatic nitrogens is 5. The van der Waals surface area contributed by atoms with Gasteiger partial charge in [0.15, 0.2) is 5.82 Å². The van der Waals surface area contributed by atoms with E-state index in [1.807, 2.05) is 42.5 Å². The first-order valence-corrected chi connectivity index (χ1v) is 9.03. The minimum atomic E-state index is -0.233. The summed E-state index contributed by atoms with van der Waals surface area (Å²) in [5, 5.41) is 11.2. The van der Waals surface area contributed by atoms with Crippen molar-refractivity contribution in [1.29, 1.82) is 0 Å². The van der Waals surface area contributed by atoms with Gasteiger partial charge in [0.25, 0.3) is 0 Å². The molecule has 2 aromatic carbocycles. The maximum absolute atomic E-state index is 12.2. The molecule has 0 saturated heterocycles. The Morgan fingerprint density at radius 2 is 1.93 bits per heavy atom. The number of H-pyrrole nitrogens is 1. The van der Waals surface area contributed by atoms with Crippen molar-refractivity contribution in [2.45, 2.75) is 5.16 Å². The summed E-state index contributed by atoms with van der Waals surface area (Å²) in [6, 6.07) is 14.8. The van der Waals surface area contributed by atoms with Crippen LogP contribution < -0.4 is 16.9 Å². The van der Waals surface area contributed by atoms with Gasteiger partial charge in [-0.3, -0.25) is 10.1 Å². The first-order valence-electron chi connectivity index (χ1n) is 8.04. The molecule has 0 aliphatic carbocycles. The lowest BCUT2D eigenvalue weighted by molar-refractivity contribution is -0.113. The summed E-state index contributed by atoms with van der Waals surface area (Å²) >= 11 is 1.17. The molecule has 0 spiro atoms. The van der Waals surface area contributed by atoms with Crippen LogP contribution in [0.15, 0.2) is 53.7 Å². The molecule has 0 radical (unpaired) electrons. The van der Waals surface area contributed by atoms with Crippen molar-refractivity contribution in [2.75, 3.05) is 22.6 Å². The quantitative estimate of drug-likeness (QED) is 0.235. The molecule has 0 fully saturated rings. The summed E-state index contributed by atoms with van der Waals surface area (Å²) in [5.41, 5.74) is 8.83. The van der Waals surface area contributed by atoms with Crippen LogP contribution >= 0.6 is 11.8 Å². The first kappa shape index (κ1) is 16.9. The Morgan fingerprint density at radius 1 is 1.15 bits per heavy atom. The average molecular weight is 380 g/mol. The molecule has 0 saturated carbocycles. The second kappa shape index (κ2) is 7.00. The van der Waals surface area contributed by atoms with Crippen LogP contribution in [-0.4, -0.2) is 36.5 Å². The number of para-hydroxylation sites is 3. The molecule has 9 nitrogen and oxygen atoms in total. The lowest BCUT2D eigenvalue weighted by atomic mass is 10.2. The van der Waals surface area contributed by atoms with Crippen molar-refractivity contribution in [3.63, 3.8) is 0 Å². The molecule has 0 unspecified atom stereocenters. The lowest BCUT2D eigenvalue weighted by Gasteiger charge is -2.05. The van der Waals surface area contributed by atoms with Crippen LogP contribution in [0.5, 0.6) is 0 Å². The third-order valence-electron chi connectivity index (χ3n) is 3.85. The largest absolute Gasteiger partial charge is 0.398 e. The minimum absolute atomic E-state index is 0.108. The lowest BCUT2D eigenvalue weighted by Crippen LogP contribution is -2.17. The van der Waals surface area contributed by atoms with E-state index in [2.05, 4.69) is 25.5 Å². The summed E-state index contributed by atoms with van der Waals surface area (Å²) in [4.78, 5) is 19.5. The number of nitrogen functional groups attached to an aromatic ring is 2. The Kier molecular flexibility index (Phi) is 4.38. The van der Waals surface area contributed by atoms with Crippen molar-refractivity contribution in [3.8, 4) is 11.4 Å². The number of benzene rings is 2. The molecular weight excluding hydrogens is 364 g/mol. The molecule has 10 heteroatoms. The van der Waals surface area contributed by atoms with E-state index in [1.165, 1.54) is 16.4 Å². The van der Waals surface area contributed by atoms with Gasteiger partial charge >= 0.3 is 0 Å². The Hall–Kier alpha value is -3.53.